The molecule has 0 bridgehead atoms. The standard InChI is InChI=1S/C27H28FN5O3S/c1-4-22(32-25(34)17-6-8-23-20(9-17)14-31-33-23)26(35)29-13-19-11-24(37-16(19)3)27(36)30-12-18-10-21(28)7-5-15(18)2/h5-11,14,22H,4,12-13H2,1-3H3,(H,29,35)(H,30,36)(H,31,33)(H,32,34). The SMILES string of the molecule is CCC(NC(=O)c1ccc2[nH]ncc2c1)C(=O)NCc1cc(C(=O)NCc2cc(F)ccc2C)sc1C. The number of thiophene rings is 1. The van der Waals surface area contributed by atoms with Gasteiger partial charge in [0.1, 0.15) is 11.9 Å². The van der Waals surface area contributed by atoms with Crippen LogP contribution in [0.2, 0.25) is 0 Å². The smallest absolute Gasteiger partial charge is 0.261 e. The van der Waals surface area contributed by atoms with Crippen molar-refractivity contribution < 1.29 is 18.8 Å². The molecule has 3 amide bonds. The summed E-state index contributed by atoms with van der Waals surface area (Å²) in [6, 6.07) is 10.7. The molecule has 0 aliphatic heterocycles. The summed E-state index contributed by atoms with van der Waals surface area (Å²) in [6.45, 7) is 6.01. The van der Waals surface area contributed by atoms with Crippen molar-refractivity contribution in [2.75, 3.05) is 0 Å². The van der Waals surface area contributed by atoms with Gasteiger partial charge in [0.15, 0.2) is 0 Å². The summed E-state index contributed by atoms with van der Waals surface area (Å²) in [7, 11) is 0. The number of H-pyrrole nitrogens is 1. The highest BCUT2D eigenvalue weighted by atomic mass is 32.1. The lowest BCUT2D eigenvalue weighted by Crippen LogP contribution is -2.46. The Bertz CT molecular complexity index is 1460. The first-order chi connectivity index (χ1) is 17.7. The third-order valence-corrected chi connectivity index (χ3v) is 7.27. The minimum atomic E-state index is -0.705. The van der Waals surface area contributed by atoms with E-state index in [2.05, 4.69) is 26.1 Å². The van der Waals surface area contributed by atoms with Crippen LogP contribution in [0, 0.1) is 19.7 Å². The summed E-state index contributed by atoms with van der Waals surface area (Å²) < 4.78 is 13.5. The molecule has 0 aliphatic rings. The summed E-state index contributed by atoms with van der Waals surface area (Å²) in [5.41, 5.74) is 3.69. The first-order valence-corrected chi connectivity index (χ1v) is 12.7. The maximum Gasteiger partial charge on any atom is 0.261 e. The zero-order valence-electron chi connectivity index (χ0n) is 20.8. The Morgan fingerprint density at radius 3 is 2.57 bits per heavy atom. The second kappa shape index (κ2) is 11.3. The summed E-state index contributed by atoms with van der Waals surface area (Å²) in [4.78, 5) is 39.6. The topological polar surface area (TPSA) is 116 Å². The number of benzene rings is 2. The third kappa shape index (κ3) is 6.21. The molecule has 0 saturated carbocycles. The van der Waals surface area contributed by atoms with Crippen LogP contribution in [0.5, 0.6) is 0 Å². The number of amides is 3. The van der Waals surface area contributed by atoms with Gasteiger partial charge in [0.25, 0.3) is 11.8 Å². The van der Waals surface area contributed by atoms with Gasteiger partial charge in [-0.25, -0.2) is 4.39 Å². The quantitative estimate of drug-likeness (QED) is 0.265. The molecule has 1 atom stereocenters. The molecule has 4 rings (SSSR count). The van der Waals surface area contributed by atoms with Crippen molar-refractivity contribution in [3.63, 3.8) is 0 Å². The number of aryl methyl sites for hydroxylation is 2. The Balaban J connectivity index is 1.33. The molecule has 4 N–H and O–H groups in total. The number of carbonyl (C=O) groups is 3. The predicted molar refractivity (Wildman–Crippen MR) is 141 cm³/mol. The van der Waals surface area contributed by atoms with Crippen LogP contribution >= 0.6 is 11.3 Å². The molecule has 2 aromatic heterocycles. The summed E-state index contributed by atoms with van der Waals surface area (Å²) in [5, 5.41) is 16.1. The van der Waals surface area contributed by atoms with Crippen molar-refractivity contribution in [1.29, 1.82) is 0 Å². The second-order valence-corrected chi connectivity index (χ2v) is 10.0. The molecule has 37 heavy (non-hydrogen) atoms. The van der Waals surface area contributed by atoms with Gasteiger partial charge in [0.05, 0.1) is 16.6 Å². The van der Waals surface area contributed by atoms with E-state index in [0.29, 0.717) is 22.4 Å². The lowest BCUT2D eigenvalue weighted by Gasteiger charge is -2.17. The van der Waals surface area contributed by atoms with E-state index < -0.39 is 6.04 Å². The van der Waals surface area contributed by atoms with Gasteiger partial charge in [-0.05, 0) is 73.4 Å². The van der Waals surface area contributed by atoms with Gasteiger partial charge in [-0.15, -0.1) is 11.3 Å². The number of rotatable bonds is 9. The van der Waals surface area contributed by atoms with Crippen LogP contribution in [0.1, 0.15) is 54.9 Å². The highest BCUT2D eigenvalue weighted by Crippen LogP contribution is 2.22. The molecular weight excluding hydrogens is 493 g/mol. The molecule has 0 aliphatic carbocycles. The third-order valence-electron chi connectivity index (χ3n) is 6.18. The molecule has 192 valence electrons. The van der Waals surface area contributed by atoms with Gasteiger partial charge < -0.3 is 16.0 Å². The van der Waals surface area contributed by atoms with Crippen LogP contribution in [-0.2, 0) is 17.9 Å². The van der Waals surface area contributed by atoms with Gasteiger partial charge in [-0.3, -0.25) is 19.5 Å². The van der Waals surface area contributed by atoms with Gasteiger partial charge >= 0.3 is 0 Å². The fourth-order valence-corrected chi connectivity index (χ4v) is 4.84. The summed E-state index contributed by atoms with van der Waals surface area (Å²) in [5.74, 6) is -1.26. The molecule has 0 fully saturated rings. The number of hydrogen-bond donors (Lipinski definition) is 4. The number of aromatic nitrogens is 2. The van der Waals surface area contributed by atoms with Gasteiger partial charge in [-0.2, -0.15) is 5.10 Å². The fraction of sp³-hybridized carbons (Fsp3) is 0.259. The molecule has 4 aromatic rings. The van der Waals surface area contributed by atoms with Gasteiger partial charge in [0.2, 0.25) is 5.91 Å². The van der Waals surface area contributed by atoms with E-state index in [1.54, 1.807) is 36.5 Å². The molecule has 0 radical (unpaired) electrons. The number of nitrogens with zero attached hydrogens (tertiary/aromatic N) is 1. The summed E-state index contributed by atoms with van der Waals surface area (Å²) >= 11 is 1.33. The van der Waals surface area contributed by atoms with E-state index >= 15 is 0 Å². The zero-order chi connectivity index (χ0) is 26.5. The summed E-state index contributed by atoms with van der Waals surface area (Å²) in [6.07, 6.45) is 2.05. The Kier molecular flexibility index (Phi) is 7.98. The van der Waals surface area contributed by atoms with Crippen molar-refractivity contribution in [3.05, 3.63) is 86.5 Å². The van der Waals surface area contributed by atoms with E-state index in [4.69, 9.17) is 0 Å². The Morgan fingerprint density at radius 2 is 1.78 bits per heavy atom. The predicted octanol–water partition coefficient (Wildman–Crippen LogP) is 4.14. The monoisotopic (exact) mass is 521 g/mol. The Labute approximate surface area is 217 Å². The van der Waals surface area contributed by atoms with Crippen molar-refractivity contribution >= 4 is 40.0 Å². The van der Waals surface area contributed by atoms with E-state index in [-0.39, 0.29) is 36.6 Å². The van der Waals surface area contributed by atoms with Crippen molar-refractivity contribution in [2.45, 2.75) is 46.3 Å². The Morgan fingerprint density at radius 1 is 1.00 bits per heavy atom. The second-order valence-electron chi connectivity index (χ2n) is 8.77. The van der Waals surface area contributed by atoms with E-state index in [9.17, 15) is 18.8 Å². The maximum atomic E-state index is 13.5. The zero-order valence-corrected chi connectivity index (χ0v) is 21.6. The fourth-order valence-electron chi connectivity index (χ4n) is 3.88. The maximum absolute atomic E-state index is 13.5. The number of carbonyl (C=O) groups excluding carboxylic acids is 3. The molecule has 2 heterocycles. The van der Waals surface area contributed by atoms with Crippen molar-refractivity contribution in [3.8, 4) is 0 Å². The average Bonchev–Trinajstić information content (AvgIpc) is 3.51. The molecule has 1 unspecified atom stereocenters. The number of fused-ring (bicyclic) bond motifs is 1. The number of aromatic amines is 1. The molecule has 2 aromatic carbocycles. The van der Waals surface area contributed by atoms with E-state index in [0.717, 1.165) is 26.9 Å². The van der Waals surface area contributed by atoms with E-state index in [1.807, 2.05) is 20.8 Å². The van der Waals surface area contributed by atoms with Crippen molar-refractivity contribution in [1.82, 2.24) is 26.1 Å². The van der Waals surface area contributed by atoms with Crippen LogP contribution in [-0.4, -0.2) is 34.0 Å². The van der Waals surface area contributed by atoms with Crippen LogP contribution < -0.4 is 16.0 Å². The Hall–Kier alpha value is -4.05. The number of halogens is 1. The lowest BCUT2D eigenvalue weighted by molar-refractivity contribution is -0.123. The largest absolute Gasteiger partial charge is 0.350 e. The molecule has 10 heteroatoms. The first-order valence-electron chi connectivity index (χ1n) is 11.9. The highest BCUT2D eigenvalue weighted by molar-refractivity contribution is 7.14. The average molecular weight is 522 g/mol. The van der Waals surface area contributed by atoms with Crippen LogP contribution in [0.4, 0.5) is 4.39 Å². The highest BCUT2D eigenvalue weighted by Gasteiger charge is 2.21. The lowest BCUT2D eigenvalue weighted by atomic mass is 10.1. The minimum absolute atomic E-state index is 0.219. The molecule has 8 nitrogen and oxygen atoms in total. The van der Waals surface area contributed by atoms with E-state index in [1.165, 1.54) is 23.5 Å². The first kappa shape index (κ1) is 26.0. The van der Waals surface area contributed by atoms with Gasteiger partial charge in [-0.1, -0.05) is 13.0 Å². The van der Waals surface area contributed by atoms with Crippen LogP contribution in [0.3, 0.4) is 0 Å². The number of hydrogen-bond acceptors (Lipinski definition) is 5. The molecular formula is C27H28FN5O3S. The molecule has 0 saturated heterocycles. The van der Waals surface area contributed by atoms with Crippen molar-refractivity contribution in [2.24, 2.45) is 0 Å². The normalized spacial score (nSPS) is 11.8. The molecule has 0 spiro atoms. The van der Waals surface area contributed by atoms with Crippen LogP contribution in [0.25, 0.3) is 10.9 Å². The van der Waals surface area contributed by atoms with Crippen LogP contribution in [0.15, 0.2) is 48.7 Å². The number of nitrogens with one attached hydrogen (secondary N) is 4. The minimum Gasteiger partial charge on any atom is -0.350 e. The van der Waals surface area contributed by atoms with Gasteiger partial charge in [0, 0.05) is 28.9 Å².